The van der Waals surface area contributed by atoms with Crippen LogP contribution in [0, 0.1) is 5.82 Å². The van der Waals surface area contributed by atoms with Gasteiger partial charge in [-0.05, 0) is 49.2 Å². The molecule has 0 radical (unpaired) electrons. The Balaban J connectivity index is 1.56. The van der Waals surface area contributed by atoms with Crippen molar-refractivity contribution in [2.75, 3.05) is 18.0 Å². The van der Waals surface area contributed by atoms with Gasteiger partial charge in [0.15, 0.2) is 0 Å². The zero-order chi connectivity index (χ0) is 21.9. The van der Waals surface area contributed by atoms with Gasteiger partial charge in [-0.15, -0.1) is 0 Å². The molecule has 1 amide bonds. The SMILES string of the molecule is CC1CN(c2ccc(CNC(=O)Cc3ccc(S(N)(=O)=O)cc3)cc2F)CC(C)O1. The fraction of sp³-hybridized carbons (Fsp3) is 0.381. The van der Waals surface area contributed by atoms with Crippen LogP contribution in [0.5, 0.6) is 0 Å². The number of carbonyl (C=O) groups is 1. The molecule has 1 heterocycles. The van der Waals surface area contributed by atoms with Crippen molar-refractivity contribution in [1.29, 1.82) is 0 Å². The summed E-state index contributed by atoms with van der Waals surface area (Å²) in [6.45, 7) is 5.38. The van der Waals surface area contributed by atoms with Crippen molar-refractivity contribution < 1.29 is 22.3 Å². The summed E-state index contributed by atoms with van der Waals surface area (Å²) in [7, 11) is -3.76. The van der Waals surface area contributed by atoms with E-state index >= 15 is 0 Å². The first-order valence-electron chi connectivity index (χ1n) is 9.69. The van der Waals surface area contributed by atoms with Gasteiger partial charge < -0.3 is 15.0 Å². The van der Waals surface area contributed by atoms with Crippen molar-refractivity contribution >= 4 is 21.6 Å². The fourth-order valence-electron chi connectivity index (χ4n) is 3.54. The van der Waals surface area contributed by atoms with Crippen LogP contribution in [0.4, 0.5) is 10.1 Å². The lowest BCUT2D eigenvalue weighted by Gasteiger charge is -2.37. The number of sulfonamides is 1. The van der Waals surface area contributed by atoms with Gasteiger partial charge in [-0.1, -0.05) is 18.2 Å². The number of primary sulfonamides is 1. The number of anilines is 1. The van der Waals surface area contributed by atoms with E-state index in [-0.39, 0.29) is 41.8 Å². The summed E-state index contributed by atoms with van der Waals surface area (Å²) >= 11 is 0. The van der Waals surface area contributed by atoms with Crippen LogP contribution in [0.25, 0.3) is 0 Å². The Morgan fingerprint density at radius 3 is 2.30 bits per heavy atom. The Morgan fingerprint density at radius 2 is 1.73 bits per heavy atom. The molecule has 1 aliphatic rings. The van der Waals surface area contributed by atoms with Gasteiger partial charge >= 0.3 is 0 Å². The van der Waals surface area contributed by atoms with Gasteiger partial charge in [-0.2, -0.15) is 0 Å². The highest BCUT2D eigenvalue weighted by molar-refractivity contribution is 7.89. The Labute approximate surface area is 176 Å². The van der Waals surface area contributed by atoms with Crippen LogP contribution in [0.2, 0.25) is 0 Å². The monoisotopic (exact) mass is 435 g/mol. The highest BCUT2D eigenvalue weighted by Crippen LogP contribution is 2.24. The molecule has 2 unspecified atom stereocenters. The standard InChI is InChI=1S/C21H26FN3O4S/c1-14-12-25(13-15(2)29-14)20-8-5-17(9-19(20)22)11-24-21(26)10-16-3-6-18(7-4-16)30(23,27)28/h3-9,14-15H,10-13H2,1-2H3,(H,24,26)(H2,23,27,28). The van der Waals surface area contributed by atoms with Crippen molar-refractivity contribution in [2.45, 2.75) is 43.9 Å². The molecular formula is C21H26FN3O4S. The number of ether oxygens (including phenoxy) is 1. The van der Waals surface area contributed by atoms with Crippen LogP contribution < -0.4 is 15.4 Å². The fourth-order valence-corrected chi connectivity index (χ4v) is 4.05. The smallest absolute Gasteiger partial charge is 0.238 e. The topological polar surface area (TPSA) is 102 Å². The molecule has 9 heteroatoms. The third-order valence-corrected chi connectivity index (χ3v) is 5.81. The number of nitrogens with zero attached hydrogens (tertiary/aromatic N) is 1. The molecule has 2 atom stereocenters. The van der Waals surface area contributed by atoms with Crippen molar-refractivity contribution in [3.8, 4) is 0 Å². The molecule has 1 aliphatic heterocycles. The van der Waals surface area contributed by atoms with E-state index < -0.39 is 10.0 Å². The summed E-state index contributed by atoms with van der Waals surface area (Å²) in [5, 5.41) is 7.81. The summed E-state index contributed by atoms with van der Waals surface area (Å²) in [4.78, 5) is 14.1. The third-order valence-electron chi connectivity index (χ3n) is 4.88. The van der Waals surface area contributed by atoms with Crippen LogP contribution in [0.1, 0.15) is 25.0 Å². The number of halogens is 1. The van der Waals surface area contributed by atoms with Gasteiger partial charge in [-0.25, -0.2) is 17.9 Å². The highest BCUT2D eigenvalue weighted by atomic mass is 32.2. The Hall–Kier alpha value is -2.49. The normalized spacial score (nSPS) is 19.5. The summed E-state index contributed by atoms with van der Waals surface area (Å²) < 4.78 is 42.9. The number of hydrogen-bond acceptors (Lipinski definition) is 5. The van der Waals surface area contributed by atoms with E-state index in [0.717, 1.165) is 0 Å². The molecule has 0 spiro atoms. The first-order valence-corrected chi connectivity index (χ1v) is 11.2. The molecule has 1 fully saturated rings. The van der Waals surface area contributed by atoms with E-state index in [2.05, 4.69) is 5.32 Å². The predicted octanol–water partition coefficient (Wildman–Crippen LogP) is 1.95. The molecule has 7 nitrogen and oxygen atoms in total. The van der Waals surface area contributed by atoms with Crippen LogP contribution in [-0.2, 0) is 32.5 Å². The van der Waals surface area contributed by atoms with E-state index in [1.54, 1.807) is 12.1 Å². The van der Waals surface area contributed by atoms with Crippen LogP contribution in [0.15, 0.2) is 47.4 Å². The molecule has 0 bridgehead atoms. The quantitative estimate of drug-likeness (QED) is 0.722. The maximum absolute atomic E-state index is 14.6. The van der Waals surface area contributed by atoms with Gasteiger partial charge in [0, 0.05) is 19.6 Å². The first-order chi connectivity index (χ1) is 14.1. The number of benzene rings is 2. The highest BCUT2D eigenvalue weighted by Gasteiger charge is 2.24. The van der Waals surface area contributed by atoms with E-state index in [4.69, 9.17) is 9.88 Å². The van der Waals surface area contributed by atoms with E-state index in [9.17, 15) is 17.6 Å². The minimum Gasteiger partial charge on any atom is -0.372 e. The Bertz CT molecular complexity index is 1000. The number of morpholine rings is 1. The number of rotatable bonds is 6. The van der Waals surface area contributed by atoms with Gasteiger partial charge in [0.05, 0.1) is 29.2 Å². The number of hydrogen-bond donors (Lipinski definition) is 2. The molecule has 0 saturated carbocycles. The zero-order valence-corrected chi connectivity index (χ0v) is 17.8. The average Bonchev–Trinajstić information content (AvgIpc) is 2.65. The second-order valence-corrected chi connectivity index (χ2v) is 9.15. The van der Waals surface area contributed by atoms with Crippen LogP contribution in [-0.4, -0.2) is 39.6 Å². The molecule has 0 aromatic heterocycles. The summed E-state index contributed by atoms with van der Waals surface area (Å²) in [5.41, 5.74) is 1.84. The molecule has 0 aliphatic carbocycles. The number of nitrogens with one attached hydrogen (secondary N) is 1. The first kappa shape index (κ1) is 22.2. The second kappa shape index (κ2) is 9.11. The van der Waals surface area contributed by atoms with Crippen molar-refractivity contribution in [3.63, 3.8) is 0 Å². The molecule has 3 N–H and O–H groups in total. The van der Waals surface area contributed by atoms with Gasteiger partial charge in [0.25, 0.3) is 0 Å². The van der Waals surface area contributed by atoms with Gasteiger partial charge in [0.2, 0.25) is 15.9 Å². The van der Waals surface area contributed by atoms with E-state index in [0.29, 0.717) is 29.9 Å². The average molecular weight is 436 g/mol. The Morgan fingerprint density at radius 1 is 1.13 bits per heavy atom. The van der Waals surface area contributed by atoms with Gasteiger partial charge in [-0.3, -0.25) is 4.79 Å². The molecular weight excluding hydrogens is 409 g/mol. The molecule has 2 aromatic carbocycles. The molecule has 1 saturated heterocycles. The van der Waals surface area contributed by atoms with Crippen molar-refractivity contribution in [2.24, 2.45) is 5.14 Å². The number of amides is 1. The summed E-state index contributed by atoms with van der Waals surface area (Å²) in [5.74, 6) is -0.583. The molecule has 3 rings (SSSR count). The minimum atomic E-state index is -3.76. The van der Waals surface area contributed by atoms with Crippen molar-refractivity contribution in [1.82, 2.24) is 5.32 Å². The lowest BCUT2D eigenvalue weighted by molar-refractivity contribution is -0.120. The van der Waals surface area contributed by atoms with E-state index in [1.165, 1.54) is 30.3 Å². The number of nitrogens with two attached hydrogens (primary N) is 1. The lowest BCUT2D eigenvalue weighted by atomic mass is 10.1. The number of carbonyl (C=O) groups excluding carboxylic acids is 1. The second-order valence-electron chi connectivity index (χ2n) is 7.59. The van der Waals surface area contributed by atoms with Crippen LogP contribution >= 0.6 is 0 Å². The largest absolute Gasteiger partial charge is 0.372 e. The molecule has 2 aromatic rings. The van der Waals surface area contributed by atoms with Crippen LogP contribution in [0.3, 0.4) is 0 Å². The maximum Gasteiger partial charge on any atom is 0.238 e. The maximum atomic E-state index is 14.6. The minimum absolute atomic E-state index is 0.00808. The van der Waals surface area contributed by atoms with Gasteiger partial charge in [0.1, 0.15) is 5.82 Å². The molecule has 30 heavy (non-hydrogen) atoms. The Kier molecular flexibility index (Phi) is 6.74. The van der Waals surface area contributed by atoms with E-state index in [1.807, 2.05) is 18.7 Å². The van der Waals surface area contributed by atoms with Crippen molar-refractivity contribution in [3.05, 3.63) is 59.4 Å². The predicted molar refractivity (Wildman–Crippen MR) is 112 cm³/mol. The summed E-state index contributed by atoms with van der Waals surface area (Å²) in [6.07, 6.45) is 0.145. The zero-order valence-electron chi connectivity index (χ0n) is 17.0. The summed E-state index contributed by atoms with van der Waals surface area (Å²) in [6, 6.07) is 10.8. The molecule has 162 valence electrons. The lowest BCUT2D eigenvalue weighted by Crippen LogP contribution is -2.45. The third kappa shape index (κ3) is 5.78.